The van der Waals surface area contributed by atoms with Crippen molar-refractivity contribution >= 4 is 11.8 Å². The van der Waals surface area contributed by atoms with E-state index in [2.05, 4.69) is 12.2 Å². The second kappa shape index (κ2) is 8.51. The van der Waals surface area contributed by atoms with Crippen LogP contribution >= 0.6 is 0 Å². The molecule has 122 valence electrons. The summed E-state index contributed by atoms with van der Waals surface area (Å²) in [6, 6.07) is 5.10. The molecule has 0 fully saturated rings. The van der Waals surface area contributed by atoms with E-state index in [9.17, 15) is 14.0 Å². The number of amides is 2. The molecule has 0 saturated heterocycles. The normalized spacial score (nSPS) is 12.1. The molecule has 1 aromatic rings. The molecule has 0 spiro atoms. The van der Waals surface area contributed by atoms with Crippen molar-refractivity contribution in [3.8, 4) is 0 Å². The summed E-state index contributed by atoms with van der Waals surface area (Å²) < 4.78 is 13.7. The quantitative estimate of drug-likeness (QED) is 0.842. The number of likely N-dealkylation sites (N-methyl/N-ethyl adjacent to an activating group) is 1. The van der Waals surface area contributed by atoms with Gasteiger partial charge in [0.2, 0.25) is 5.91 Å². The zero-order valence-corrected chi connectivity index (χ0v) is 13.7. The molecule has 0 aromatic heterocycles. The van der Waals surface area contributed by atoms with Gasteiger partial charge in [-0.15, -0.1) is 0 Å². The molecule has 1 N–H and O–H groups in total. The average molecular weight is 308 g/mol. The lowest BCUT2D eigenvalue weighted by Crippen LogP contribution is -2.50. The molecule has 1 rings (SSSR count). The summed E-state index contributed by atoms with van der Waals surface area (Å²) in [5, 5.41) is 2.66. The van der Waals surface area contributed by atoms with Crippen LogP contribution in [0.4, 0.5) is 4.39 Å². The Morgan fingerprint density at radius 2 is 1.91 bits per heavy atom. The molecule has 2 amide bonds. The summed E-state index contributed by atoms with van der Waals surface area (Å²) in [5.74, 6) is -1.37. The Labute approximate surface area is 131 Å². The van der Waals surface area contributed by atoms with Crippen molar-refractivity contribution in [3.05, 3.63) is 35.6 Å². The predicted octanol–water partition coefficient (Wildman–Crippen LogP) is 2.84. The van der Waals surface area contributed by atoms with Crippen LogP contribution in [0.3, 0.4) is 0 Å². The molecule has 1 unspecified atom stereocenters. The molecule has 0 heterocycles. The van der Waals surface area contributed by atoms with Gasteiger partial charge in [0.15, 0.2) is 0 Å². The van der Waals surface area contributed by atoms with E-state index in [4.69, 9.17) is 0 Å². The third-order valence-corrected chi connectivity index (χ3v) is 3.56. The van der Waals surface area contributed by atoms with Gasteiger partial charge in [0, 0.05) is 13.6 Å². The SMILES string of the molecule is CCCCN(C)C(=O)C(NC(=O)c1ccccc1F)C(C)C. The molecule has 0 aliphatic carbocycles. The Morgan fingerprint density at radius 1 is 1.27 bits per heavy atom. The molecule has 1 atom stereocenters. The van der Waals surface area contributed by atoms with Gasteiger partial charge in [-0.1, -0.05) is 39.3 Å². The Balaban J connectivity index is 2.82. The number of hydrogen-bond acceptors (Lipinski definition) is 2. The van der Waals surface area contributed by atoms with Crippen LogP contribution in [0.15, 0.2) is 24.3 Å². The first-order valence-electron chi connectivity index (χ1n) is 7.68. The van der Waals surface area contributed by atoms with Crippen molar-refractivity contribution in [1.82, 2.24) is 10.2 Å². The summed E-state index contributed by atoms with van der Waals surface area (Å²) in [7, 11) is 1.72. The molecule has 0 radical (unpaired) electrons. The van der Waals surface area contributed by atoms with Gasteiger partial charge in [-0.25, -0.2) is 4.39 Å². The highest BCUT2D eigenvalue weighted by Gasteiger charge is 2.27. The predicted molar refractivity (Wildman–Crippen MR) is 85.0 cm³/mol. The van der Waals surface area contributed by atoms with E-state index in [1.807, 2.05) is 13.8 Å². The number of benzene rings is 1. The highest BCUT2D eigenvalue weighted by atomic mass is 19.1. The first kappa shape index (κ1) is 18.1. The number of carbonyl (C=O) groups is 2. The van der Waals surface area contributed by atoms with Crippen LogP contribution in [0.1, 0.15) is 44.0 Å². The fourth-order valence-electron chi connectivity index (χ4n) is 2.12. The van der Waals surface area contributed by atoms with Crippen LogP contribution in [0.2, 0.25) is 0 Å². The molecule has 22 heavy (non-hydrogen) atoms. The third kappa shape index (κ3) is 4.83. The van der Waals surface area contributed by atoms with E-state index < -0.39 is 17.8 Å². The van der Waals surface area contributed by atoms with Crippen LogP contribution in [0.5, 0.6) is 0 Å². The molecule has 0 aliphatic heterocycles. The largest absolute Gasteiger partial charge is 0.344 e. The lowest BCUT2D eigenvalue weighted by atomic mass is 10.0. The second-order valence-electron chi connectivity index (χ2n) is 5.79. The lowest BCUT2D eigenvalue weighted by Gasteiger charge is -2.27. The molecule has 1 aromatic carbocycles. The Kier molecular flexibility index (Phi) is 7.02. The molecule has 4 nitrogen and oxygen atoms in total. The van der Waals surface area contributed by atoms with Gasteiger partial charge < -0.3 is 10.2 Å². The van der Waals surface area contributed by atoms with E-state index >= 15 is 0 Å². The second-order valence-corrected chi connectivity index (χ2v) is 5.79. The van der Waals surface area contributed by atoms with E-state index in [0.29, 0.717) is 6.54 Å². The standard InChI is InChI=1S/C17H25FN2O2/c1-5-6-11-20(4)17(22)15(12(2)3)19-16(21)13-9-7-8-10-14(13)18/h7-10,12,15H,5-6,11H2,1-4H3,(H,19,21). The summed E-state index contributed by atoms with van der Waals surface area (Å²) in [6.45, 7) is 6.42. The Hall–Kier alpha value is -1.91. The van der Waals surface area contributed by atoms with Gasteiger partial charge in [-0.05, 0) is 24.5 Å². The van der Waals surface area contributed by atoms with Crippen molar-refractivity contribution in [2.75, 3.05) is 13.6 Å². The Morgan fingerprint density at radius 3 is 2.45 bits per heavy atom. The zero-order chi connectivity index (χ0) is 16.7. The number of nitrogens with zero attached hydrogens (tertiary/aromatic N) is 1. The lowest BCUT2D eigenvalue weighted by molar-refractivity contribution is -0.133. The number of carbonyl (C=O) groups excluding carboxylic acids is 2. The first-order chi connectivity index (χ1) is 10.4. The maximum atomic E-state index is 13.7. The van der Waals surface area contributed by atoms with Crippen molar-refractivity contribution in [2.24, 2.45) is 5.92 Å². The van der Waals surface area contributed by atoms with Gasteiger partial charge in [-0.3, -0.25) is 9.59 Å². The van der Waals surface area contributed by atoms with Gasteiger partial charge in [0.05, 0.1) is 5.56 Å². The first-order valence-corrected chi connectivity index (χ1v) is 7.68. The molecule has 0 bridgehead atoms. The summed E-state index contributed by atoms with van der Waals surface area (Å²) in [5.41, 5.74) is -0.0443. The maximum absolute atomic E-state index is 13.7. The van der Waals surface area contributed by atoms with Crippen LogP contribution in [0, 0.1) is 11.7 Å². The van der Waals surface area contributed by atoms with Crippen LogP contribution in [-0.4, -0.2) is 36.3 Å². The number of unbranched alkanes of at least 4 members (excludes halogenated alkanes) is 1. The van der Waals surface area contributed by atoms with Crippen LogP contribution in [-0.2, 0) is 4.79 Å². The van der Waals surface area contributed by atoms with Crippen molar-refractivity contribution in [1.29, 1.82) is 0 Å². The highest BCUT2D eigenvalue weighted by molar-refractivity contribution is 5.97. The van der Waals surface area contributed by atoms with E-state index in [1.54, 1.807) is 18.0 Å². The fraction of sp³-hybridized carbons (Fsp3) is 0.529. The minimum Gasteiger partial charge on any atom is -0.344 e. The van der Waals surface area contributed by atoms with Crippen molar-refractivity contribution < 1.29 is 14.0 Å². The minimum absolute atomic E-state index is 0.0443. The molecule has 0 aliphatic rings. The molecular formula is C17H25FN2O2. The topological polar surface area (TPSA) is 49.4 Å². The van der Waals surface area contributed by atoms with E-state index in [-0.39, 0.29) is 17.4 Å². The average Bonchev–Trinajstić information content (AvgIpc) is 2.49. The summed E-state index contributed by atoms with van der Waals surface area (Å²) in [6.07, 6.45) is 1.90. The Bertz CT molecular complexity index is 517. The van der Waals surface area contributed by atoms with Gasteiger partial charge >= 0.3 is 0 Å². The van der Waals surface area contributed by atoms with Gasteiger partial charge in [0.1, 0.15) is 11.9 Å². The monoisotopic (exact) mass is 308 g/mol. The summed E-state index contributed by atoms with van der Waals surface area (Å²) in [4.78, 5) is 26.3. The molecular weight excluding hydrogens is 283 g/mol. The van der Waals surface area contributed by atoms with Crippen LogP contribution in [0.25, 0.3) is 0 Å². The number of rotatable bonds is 7. The zero-order valence-electron chi connectivity index (χ0n) is 13.7. The maximum Gasteiger partial charge on any atom is 0.254 e. The van der Waals surface area contributed by atoms with E-state index in [1.165, 1.54) is 18.2 Å². The van der Waals surface area contributed by atoms with Crippen molar-refractivity contribution in [3.63, 3.8) is 0 Å². The van der Waals surface area contributed by atoms with Crippen LogP contribution < -0.4 is 5.32 Å². The smallest absolute Gasteiger partial charge is 0.254 e. The van der Waals surface area contributed by atoms with Gasteiger partial charge in [-0.2, -0.15) is 0 Å². The molecule has 5 heteroatoms. The summed E-state index contributed by atoms with van der Waals surface area (Å²) >= 11 is 0. The van der Waals surface area contributed by atoms with Gasteiger partial charge in [0.25, 0.3) is 5.91 Å². The fourth-order valence-corrected chi connectivity index (χ4v) is 2.12. The third-order valence-electron chi connectivity index (χ3n) is 3.56. The number of nitrogens with one attached hydrogen (secondary N) is 1. The number of hydrogen-bond donors (Lipinski definition) is 1. The molecule has 0 saturated carbocycles. The highest BCUT2D eigenvalue weighted by Crippen LogP contribution is 2.10. The van der Waals surface area contributed by atoms with E-state index in [0.717, 1.165) is 12.8 Å². The minimum atomic E-state index is -0.658. The number of halogens is 1. The van der Waals surface area contributed by atoms with Crippen molar-refractivity contribution in [2.45, 2.75) is 39.7 Å².